The molecular weight excluding hydrogens is 704 g/mol. The Labute approximate surface area is 328 Å². The molecular formula is C38H37N8NaO5S. The van der Waals surface area contributed by atoms with Gasteiger partial charge in [0.1, 0.15) is 21.5 Å². The van der Waals surface area contributed by atoms with Crippen LogP contribution in [0.4, 0.5) is 23.3 Å². The van der Waals surface area contributed by atoms with E-state index in [1.807, 2.05) is 37.6 Å². The van der Waals surface area contributed by atoms with Gasteiger partial charge in [-0.3, -0.25) is 10.1 Å². The van der Waals surface area contributed by atoms with Crippen LogP contribution in [-0.4, -0.2) is 43.1 Å². The number of rotatable bonds is 5. The maximum Gasteiger partial charge on any atom is 1.00 e. The molecule has 0 saturated carbocycles. The SMILES string of the molecule is Cc1cc2nc(N)n(C)c2cc1C.Cc1ccc(N=Nc2c(O)c(C(=O)Nc3nc4cc(C)c(C)cc4n3C)cc3ccccc23)c(S(=O)(=O)[O-])c1.[Na+]. The maximum absolute atomic E-state index is 13.4. The molecule has 2 aromatic heterocycles. The number of carbonyl (C=O) groups is 1. The predicted octanol–water partition coefficient (Wildman–Crippen LogP) is 4.71. The number of fused-ring (bicyclic) bond motifs is 3. The molecule has 1 amide bonds. The van der Waals surface area contributed by atoms with Crippen molar-refractivity contribution in [2.75, 3.05) is 11.1 Å². The number of carbonyl (C=O) groups excluding carboxylic acids is 1. The summed E-state index contributed by atoms with van der Waals surface area (Å²) in [6.45, 7) is 9.80. The summed E-state index contributed by atoms with van der Waals surface area (Å²) in [5, 5.41) is 23.0. The van der Waals surface area contributed by atoms with Crippen molar-refractivity contribution in [3.63, 3.8) is 0 Å². The molecule has 4 N–H and O–H groups in total. The molecule has 53 heavy (non-hydrogen) atoms. The van der Waals surface area contributed by atoms with Crippen LogP contribution in [0, 0.1) is 34.6 Å². The summed E-state index contributed by atoms with van der Waals surface area (Å²) in [5.74, 6) is -0.223. The van der Waals surface area contributed by atoms with Gasteiger partial charge in [0, 0.05) is 19.5 Å². The summed E-state index contributed by atoms with van der Waals surface area (Å²) >= 11 is 0. The van der Waals surface area contributed by atoms with Crippen LogP contribution in [0.1, 0.15) is 38.2 Å². The molecule has 7 rings (SSSR count). The Hall–Kier alpha value is -5.12. The van der Waals surface area contributed by atoms with Crippen molar-refractivity contribution in [2.24, 2.45) is 24.3 Å². The van der Waals surface area contributed by atoms with Gasteiger partial charge in [0.2, 0.25) is 11.9 Å². The molecule has 0 atom stereocenters. The number of hydrogen-bond donors (Lipinski definition) is 3. The molecule has 13 nitrogen and oxygen atoms in total. The van der Waals surface area contributed by atoms with Crippen LogP contribution in [0.25, 0.3) is 32.8 Å². The summed E-state index contributed by atoms with van der Waals surface area (Å²) in [5.41, 5.74) is 14.3. The molecule has 5 aromatic carbocycles. The van der Waals surface area contributed by atoms with Crippen molar-refractivity contribution in [2.45, 2.75) is 39.5 Å². The van der Waals surface area contributed by atoms with Gasteiger partial charge in [0.25, 0.3) is 5.91 Å². The summed E-state index contributed by atoms with van der Waals surface area (Å²) in [6.07, 6.45) is 0. The van der Waals surface area contributed by atoms with Crippen LogP contribution in [0.3, 0.4) is 0 Å². The van der Waals surface area contributed by atoms with Crippen LogP contribution in [0.15, 0.2) is 87.9 Å². The van der Waals surface area contributed by atoms with E-state index in [1.165, 1.54) is 29.3 Å². The largest absolute Gasteiger partial charge is 1.00 e. The molecule has 7 aromatic rings. The first kappa shape index (κ1) is 39.1. The van der Waals surface area contributed by atoms with E-state index in [-0.39, 0.29) is 46.5 Å². The zero-order chi connectivity index (χ0) is 37.6. The van der Waals surface area contributed by atoms with Crippen molar-refractivity contribution in [1.29, 1.82) is 0 Å². The summed E-state index contributed by atoms with van der Waals surface area (Å²) in [6, 6.07) is 20.7. The number of nitrogens with one attached hydrogen (secondary N) is 1. The minimum Gasteiger partial charge on any atom is -0.744 e. The number of phenols is 1. The van der Waals surface area contributed by atoms with E-state index >= 15 is 0 Å². The number of azo groups is 1. The van der Waals surface area contributed by atoms with Crippen LogP contribution in [-0.2, 0) is 24.2 Å². The van der Waals surface area contributed by atoms with Crippen molar-refractivity contribution < 1.29 is 52.4 Å². The number of nitrogens with two attached hydrogens (primary N) is 1. The Balaban J connectivity index is 0.000000325. The number of anilines is 2. The van der Waals surface area contributed by atoms with Gasteiger partial charge in [0.05, 0.1) is 32.5 Å². The number of amides is 1. The first-order valence-electron chi connectivity index (χ1n) is 16.2. The average molecular weight is 741 g/mol. The Kier molecular flexibility index (Phi) is 11.1. The third-order valence-electron chi connectivity index (χ3n) is 9.13. The molecule has 0 unspecified atom stereocenters. The van der Waals surface area contributed by atoms with Gasteiger partial charge in [-0.2, -0.15) is 0 Å². The van der Waals surface area contributed by atoms with Crippen molar-refractivity contribution in [1.82, 2.24) is 19.1 Å². The predicted molar refractivity (Wildman–Crippen MR) is 202 cm³/mol. The topological polar surface area (TPSA) is 193 Å². The number of imidazole rings is 2. The fraction of sp³-hybridized carbons (Fsp3) is 0.184. The number of nitrogens with zero attached hydrogens (tertiary/aromatic N) is 6. The Morgan fingerprint density at radius 3 is 2.04 bits per heavy atom. The second-order valence-electron chi connectivity index (χ2n) is 12.8. The fourth-order valence-corrected chi connectivity index (χ4v) is 6.49. The minimum atomic E-state index is -4.83. The minimum absolute atomic E-state index is 0. The van der Waals surface area contributed by atoms with Gasteiger partial charge in [0.15, 0.2) is 5.75 Å². The molecule has 0 aliphatic carbocycles. The molecule has 0 fully saturated rings. The summed E-state index contributed by atoms with van der Waals surface area (Å²) in [7, 11) is -1.12. The third kappa shape index (κ3) is 7.82. The molecule has 15 heteroatoms. The van der Waals surface area contributed by atoms with Crippen molar-refractivity contribution in [3.8, 4) is 5.75 Å². The number of aromatic nitrogens is 4. The van der Waals surface area contributed by atoms with E-state index in [1.54, 1.807) is 48.9 Å². The average Bonchev–Trinajstić information content (AvgIpc) is 3.53. The fourth-order valence-electron chi connectivity index (χ4n) is 5.79. The molecule has 0 aliphatic rings. The van der Waals surface area contributed by atoms with E-state index in [2.05, 4.69) is 51.5 Å². The Morgan fingerprint density at radius 2 is 1.40 bits per heavy atom. The monoisotopic (exact) mass is 740 g/mol. The summed E-state index contributed by atoms with van der Waals surface area (Å²) in [4.78, 5) is 21.6. The number of phenolic OH excluding ortho intramolecular Hbond substituents is 1. The van der Waals surface area contributed by atoms with E-state index in [0.717, 1.165) is 33.2 Å². The molecule has 2 heterocycles. The van der Waals surface area contributed by atoms with E-state index in [4.69, 9.17) is 5.73 Å². The second kappa shape index (κ2) is 15.1. The van der Waals surface area contributed by atoms with Gasteiger partial charge in [-0.15, -0.1) is 10.2 Å². The van der Waals surface area contributed by atoms with Gasteiger partial charge in [-0.25, -0.2) is 18.4 Å². The number of nitrogen functional groups attached to an aromatic ring is 1. The van der Waals surface area contributed by atoms with Crippen LogP contribution < -0.4 is 40.6 Å². The zero-order valence-corrected chi connectivity index (χ0v) is 33.5. The first-order valence-corrected chi connectivity index (χ1v) is 17.6. The first-order chi connectivity index (χ1) is 24.5. The summed E-state index contributed by atoms with van der Waals surface area (Å²) < 4.78 is 39.0. The van der Waals surface area contributed by atoms with Crippen LogP contribution in [0.2, 0.25) is 0 Å². The third-order valence-corrected chi connectivity index (χ3v) is 10.0. The molecule has 0 aliphatic heterocycles. The number of hydrogen-bond acceptors (Lipinski definition) is 10. The van der Waals surface area contributed by atoms with Crippen LogP contribution >= 0.6 is 0 Å². The Bertz CT molecular complexity index is 2720. The molecule has 0 spiro atoms. The van der Waals surface area contributed by atoms with Gasteiger partial charge < -0.3 is 24.5 Å². The zero-order valence-electron chi connectivity index (χ0n) is 30.7. The molecule has 266 valence electrons. The van der Waals surface area contributed by atoms with Crippen LogP contribution in [0.5, 0.6) is 5.75 Å². The van der Waals surface area contributed by atoms with Gasteiger partial charge >= 0.3 is 29.6 Å². The van der Waals surface area contributed by atoms with E-state index < -0.39 is 26.7 Å². The maximum atomic E-state index is 13.4. The standard InChI is InChI=1S/C28H25N5O5S.C10H13N3.Na/c1-15-9-10-21(24(11-15)39(36,37)38)31-32-25-19-8-6-5-7-18(19)14-20(26(25)34)27(35)30-28-29-22-12-16(2)17(3)13-23(22)33(28)4;1-6-4-8-9(5-7(6)2)13(3)10(11)12-8;/h5-14,34H,1-4H3,(H,29,30,35)(H,36,37,38);4-5H,1-3H3,(H2,11,12);/q;;+1/p-1. The van der Waals surface area contributed by atoms with E-state index in [9.17, 15) is 22.9 Å². The quantitative estimate of drug-likeness (QED) is 0.128. The van der Waals surface area contributed by atoms with Gasteiger partial charge in [-0.1, -0.05) is 30.3 Å². The molecule has 0 bridgehead atoms. The van der Waals surface area contributed by atoms with Gasteiger partial charge in [-0.05, 0) is 110 Å². The smallest absolute Gasteiger partial charge is 0.744 e. The number of aryl methyl sites for hydroxylation is 7. The van der Waals surface area contributed by atoms with E-state index in [0.29, 0.717) is 28.2 Å². The number of benzene rings is 5. The van der Waals surface area contributed by atoms with Crippen molar-refractivity contribution >= 4 is 72.1 Å². The molecule has 0 saturated heterocycles. The Morgan fingerprint density at radius 1 is 0.811 bits per heavy atom. The normalized spacial score (nSPS) is 11.5. The van der Waals surface area contributed by atoms with Crippen molar-refractivity contribution in [3.05, 3.63) is 106 Å². The second-order valence-corrected chi connectivity index (χ2v) is 14.1. The molecule has 0 radical (unpaired) electrons. The number of aromatic hydroxyl groups is 1.